The van der Waals surface area contributed by atoms with Gasteiger partial charge in [0, 0.05) is 13.1 Å². The molecule has 2 aromatic heterocycles. The van der Waals surface area contributed by atoms with Crippen LogP contribution in [0, 0.1) is 0 Å². The molecule has 2 N–H and O–H groups in total. The van der Waals surface area contributed by atoms with E-state index in [0.29, 0.717) is 5.82 Å². The van der Waals surface area contributed by atoms with E-state index in [-0.39, 0.29) is 12.0 Å². The summed E-state index contributed by atoms with van der Waals surface area (Å²) in [6.07, 6.45) is 3.42. The SMILES string of the molecule is O=C(Nc1nc(-c2cccs2)no1)NN1CCCCC1. The molecule has 1 fully saturated rings. The molecule has 0 radical (unpaired) electrons. The minimum absolute atomic E-state index is 0.0999. The fourth-order valence-electron chi connectivity index (χ4n) is 2.05. The second kappa shape index (κ2) is 6.02. The molecule has 3 heterocycles. The van der Waals surface area contributed by atoms with Crippen molar-refractivity contribution in [1.82, 2.24) is 20.6 Å². The third-order valence-corrected chi connectivity index (χ3v) is 3.87. The Morgan fingerprint density at radius 2 is 2.20 bits per heavy atom. The number of rotatable bonds is 3. The normalized spacial score (nSPS) is 16.0. The topological polar surface area (TPSA) is 83.3 Å². The van der Waals surface area contributed by atoms with E-state index in [4.69, 9.17) is 4.52 Å². The molecular formula is C12H15N5O2S. The van der Waals surface area contributed by atoms with Crippen LogP contribution in [-0.2, 0) is 0 Å². The molecule has 1 saturated heterocycles. The van der Waals surface area contributed by atoms with E-state index in [1.54, 1.807) is 0 Å². The molecule has 3 rings (SSSR count). The lowest BCUT2D eigenvalue weighted by molar-refractivity contribution is 0.161. The fourth-order valence-corrected chi connectivity index (χ4v) is 2.70. The van der Waals surface area contributed by atoms with Crippen LogP contribution in [0.3, 0.4) is 0 Å². The lowest BCUT2D eigenvalue weighted by Crippen LogP contribution is -2.46. The quantitative estimate of drug-likeness (QED) is 0.907. The summed E-state index contributed by atoms with van der Waals surface area (Å²) < 4.78 is 5.00. The van der Waals surface area contributed by atoms with Crippen LogP contribution in [0.5, 0.6) is 0 Å². The zero-order valence-electron chi connectivity index (χ0n) is 10.8. The van der Waals surface area contributed by atoms with Crippen LogP contribution in [0.1, 0.15) is 19.3 Å². The first-order chi connectivity index (χ1) is 9.81. The number of aromatic nitrogens is 2. The van der Waals surface area contributed by atoms with Crippen molar-refractivity contribution in [3.8, 4) is 10.7 Å². The smallest absolute Gasteiger partial charge is 0.315 e. The van der Waals surface area contributed by atoms with Crippen LogP contribution in [0.2, 0.25) is 0 Å². The van der Waals surface area contributed by atoms with E-state index in [9.17, 15) is 4.79 Å². The third-order valence-electron chi connectivity index (χ3n) is 3.00. The number of carbonyl (C=O) groups excluding carboxylic acids is 1. The maximum Gasteiger partial charge on any atom is 0.337 e. The van der Waals surface area contributed by atoms with Gasteiger partial charge in [0.1, 0.15) is 0 Å². The van der Waals surface area contributed by atoms with Gasteiger partial charge < -0.3 is 4.52 Å². The van der Waals surface area contributed by atoms with Gasteiger partial charge in [-0.05, 0) is 24.3 Å². The van der Waals surface area contributed by atoms with Gasteiger partial charge in [-0.15, -0.1) is 11.3 Å². The van der Waals surface area contributed by atoms with Crippen molar-refractivity contribution in [2.45, 2.75) is 19.3 Å². The van der Waals surface area contributed by atoms with E-state index < -0.39 is 0 Å². The Morgan fingerprint density at radius 1 is 1.35 bits per heavy atom. The maximum atomic E-state index is 11.8. The minimum atomic E-state index is -0.353. The van der Waals surface area contributed by atoms with Crippen molar-refractivity contribution in [2.24, 2.45) is 0 Å². The highest BCUT2D eigenvalue weighted by molar-refractivity contribution is 7.13. The number of thiophene rings is 1. The number of amides is 2. The summed E-state index contributed by atoms with van der Waals surface area (Å²) in [7, 11) is 0. The molecule has 0 aliphatic carbocycles. The second-order valence-corrected chi connectivity index (χ2v) is 5.46. The number of anilines is 1. The Balaban J connectivity index is 1.56. The molecule has 106 valence electrons. The van der Waals surface area contributed by atoms with Crippen LogP contribution in [0.4, 0.5) is 10.8 Å². The Labute approximate surface area is 119 Å². The van der Waals surface area contributed by atoms with Gasteiger partial charge in [0.25, 0.3) is 0 Å². The van der Waals surface area contributed by atoms with Gasteiger partial charge in [-0.2, -0.15) is 4.98 Å². The molecular weight excluding hydrogens is 278 g/mol. The summed E-state index contributed by atoms with van der Waals surface area (Å²) >= 11 is 1.52. The van der Waals surface area contributed by atoms with Crippen LogP contribution in [0.15, 0.2) is 22.0 Å². The summed E-state index contributed by atoms with van der Waals surface area (Å²) in [6.45, 7) is 1.75. The van der Waals surface area contributed by atoms with Crippen LogP contribution >= 0.6 is 11.3 Å². The number of carbonyl (C=O) groups is 1. The highest BCUT2D eigenvalue weighted by Crippen LogP contribution is 2.22. The number of urea groups is 1. The van der Waals surface area contributed by atoms with E-state index in [1.165, 1.54) is 17.8 Å². The summed E-state index contributed by atoms with van der Waals surface area (Å²) in [5.74, 6) is 0.480. The van der Waals surface area contributed by atoms with Gasteiger partial charge in [-0.25, -0.2) is 9.80 Å². The van der Waals surface area contributed by atoms with Crippen molar-refractivity contribution in [1.29, 1.82) is 0 Å². The molecule has 7 nitrogen and oxygen atoms in total. The Kier molecular flexibility index (Phi) is 3.93. The first kappa shape index (κ1) is 13.1. The van der Waals surface area contributed by atoms with Crippen LogP contribution in [0.25, 0.3) is 10.7 Å². The molecule has 8 heteroatoms. The summed E-state index contributed by atoms with van der Waals surface area (Å²) in [4.78, 5) is 16.8. The molecule has 20 heavy (non-hydrogen) atoms. The highest BCUT2D eigenvalue weighted by atomic mass is 32.1. The lowest BCUT2D eigenvalue weighted by atomic mass is 10.2. The average Bonchev–Trinajstić information content (AvgIpc) is 3.10. The van der Waals surface area contributed by atoms with Gasteiger partial charge in [-0.1, -0.05) is 17.6 Å². The zero-order valence-corrected chi connectivity index (χ0v) is 11.7. The Bertz CT molecular complexity index is 562. The van der Waals surface area contributed by atoms with Crippen LogP contribution in [-0.4, -0.2) is 34.3 Å². The van der Waals surface area contributed by atoms with E-state index in [2.05, 4.69) is 20.9 Å². The van der Waals surface area contributed by atoms with Gasteiger partial charge in [0.05, 0.1) is 4.88 Å². The predicted molar refractivity (Wildman–Crippen MR) is 75.2 cm³/mol. The summed E-state index contributed by atoms with van der Waals surface area (Å²) in [6, 6.07) is 3.55. The molecule has 0 atom stereocenters. The molecule has 2 aromatic rings. The first-order valence-corrected chi connectivity index (χ1v) is 7.39. The highest BCUT2D eigenvalue weighted by Gasteiger charge is 2.15. The van der Waals surface area contributed by atoms with E-state index in [0.717, 1.165) is 30.8 Å². The van der Waals surface area contributed by atoms with Crippen LogP contribution < -0.4 is 10.7 Å². The van der Waals surface area contributed by atoms with Gasteiger partial charge in [-0.3, -0.25) is 10.7 Å². The number of hydrogen-bond acceptors (Lipinski definition) is 6. The number of nitrogens with one attached hydrogen (secondary N) is 2. The molecule has 0 bridgehead atoms. The maximum absolute atomic E-state index is 11.8. The predicted octanol–water partition coefficient (Wildman–Crippen LogP) is 2.32. The van der Waals surface area contributed by atoms with Gasteiger partial charge in [0.15, 0.2) is 0 Å². The molecule has 0 aromatic carbocycles. The van der Waals surface area contributed by atoms with E-state index in [1.807, 2.05) is 22.5 Å². The Morgan fingerprint density at radius 3 is 2.95 bits per heavy atom. The average molecular weight is 293 g/mol. The number of piperidine rings is 1. The molecule has 1 aliphatic rings. The van der Waals surface area contributed by atoms with Gasteiger partial charge >= 0.3 is 12.0 Å². The standard InChI is InChI=1S/C12H15N5O2S/c18-11(15-17-6-2-1-3-7-17)14-12-13-10(16-19-12)9-5-4-8-20-9/h4-5,8H,1-3,6-7H2,(H2,13,14,15,16,18). The van der Waals surface area contributed by atoms with Crippen molar-refractivity contribution >= 4 is 23.4 Å². The molecule has 2 amide bonds. The molecule has 0 unspecified atom stereocenters. The summed E-state index contributed by atoms with van der Waals surface area (Å²) in [5.41, 5.74) is 2.77. The zero-order chi connectivity index (χ0) is 13.8. The largest absolute Gasteiger partial charge is 0.337 e. The second-order valence-electron chi connectivity index (χ2n) is 4.51. The Hall–Kier alpha value is -1.93. The first-order valence-electron chi connectivity index (χ1n) is 6.51. The number of nitrogens with zero attached hydrogens (tertiary/aromatic N) is 3. The summed E-state index contributed by atoms with van der Waals surface area (Å²) in [5, 5.41) is 10.2. The van der Waals surface area contributed by atoms with Crippen molar-refractivity contribution in [3.05, 3.63) is 17.5 Å². The molecule has 0 saturated carbocycles. The monoisotopic (exact) mass is 293 g/mol. The van der Waals surface area contributed by atoms with Crippen molar-refractivity contribution < 1.29 is 9.32 Å². The number of hydrogen-bond donors (Lipinski definition) is 2. The lowest BCUT2D eigenvalue weighted by Gasteiger charge is -2.26. The molecule has 0 spiro atoms. The number of hydrazine groups is 1. The van der Waals surface area contributed by atoms with Crippen molar-refractivity contribution in [2.75, 3.05) is 18.4 Å². The van der Waals surface area contributed by atoms with E-state index >= 15 is 0 Å². The van der Waals surface area contributed by atoms with Gasteiger partial charge in [0.2, 0.25) is 5.82 Å². The molecule has 1 aliphatic heterocycles. The minimum Gasteiger partial charge on any atom is -0.315 e. The van der Waals surface area contributed by atoms with Crippen molar-refractivity contribution in [3.63, 3.8) is 0 Å². The third kappa shape index (κ3) is 3.14. The fraction of sp³-hybridized carbons (Fsp3) is 0.417.